The molecule has 76 valence electrons. The second-order valence-corrected chi connectivity index (χ2v) is 3.06. The van der Waals surface area contributed by atoms with Crippen LogP contribution in [0, 0.1) is 12.7 Å². The number of halogens is 1. The van der Waals surface area contributed by atoms with Crippen molar-refractivity contribution in [3.63, 3.8) is 0 Å². The first-order valence-corrected chi connectivity index (χ1v) is 4.40. The highest BCUT2D eigenvalue weighted by atomic mass is 19.1. The van der Waals surface area contributed by atoms with Crippen molar-refractivity contribution in [2.45, 2.75) is 6.92 Å². The summed E-state index contributed by atoms with van der Waals surface area (Å²) >= 11 is 0. The molecule has 0 aliphatic carbocycles. The van der Waals surface area contributed by atoms with Crippen LogP contribution in [0.1, 0.15) is 16.4 Å². The first kappa shape index (κ1) is 9.58. The topological polar surface area (TPSA) is 43.1 Å². The molecule has 0 bridgehead atoms. The Hall–Kier alpha value is -1.97. The largest absolute Gasteiger partial charge is 0.434 e. The van der Waals surface area contributed by atoms with Crippen molar-refractivity contribution in [3.8, 4) is 11.3 Å². The van der Waals surface area contributed by atoms with E-state index in [9.17, 15) is 9.18 Å². The molecule has 2 aromatic rings. The van der Waals surface area contributed by atoms with Gasteiger partial charge in [-0.25, -0.2) is 9.37 Å². The Morgan fingerprint density at radius 3 is 2.73 bits per heavy atom. The van der Waals surface area contributed by atoms with E-state index in [1.165, 1.54) is 6.07 Å². The molecular formula is C11H8FNO2. The minimum Gasteiger partial charge on any atom is -0.434 e. The molecule has 0 aliphatic heterocycles. The molecule has 1 aromatic heterocycles. The molecule has 2 rings (SSSR count). The molecule has 4 heteroatoms. The Bertz CT molecular complexity index is 505. The number of nitrogens with zero attached hydrogens (tertiary/aromatic N) is 1. The Balaban J connectivity index is 2.58. The fourth-order valence-electron chi connectivity index (χ4n) is 1.36. The van der Waals surface area contributed by atoms with Gasteiger partial charge in [0.05, 0.1) is 11.3 Å². The van der Waals surface area contributed by atoms with E-state index in [2.05, 4.69) is 4.98 Å². The van der Waals surface area contributed by atoms with Gasteiger partial charge < -0.3 is 4.42 Å². The summed E-state index contributed by atoms with van der Waals surface area (Å²) in [7, 11) is 0. The second kappa shape index (κ2) is 3.65. The summed E-state index contributed by atoms with van der Waals surface area (Å²) in [6.45, 7) is 1.66. The van der Waals surface area contributed by atoms with Gasteiger partial charge >= 0.3 is 0 Å². The van der Waals surface area contributed by atoms with Gasteiger partial charge in [0, 0.05) is 0 Å². The molecule has 0 amide bonds. The molecule has 0 atom stereocenters. The third-order valence-electron chi connectivity index (χ3n) is 2.03. The zero-order chi connectivity index (χ0) is 10.8. The highest BCUT2D eigenvalue weighted by molar-refractivity contribution is 5.70. The number of benzene rings is 1. The number of carbonyl (C=O) groups excluding carboxylic acids is 1. The zero-order valence-corrected chi connectivity index (χ0v) is 8.03. The van der Waals surface area contributed by atoms with Crippen molar-refractivity contribution in [1.82, 2.24) is 4.98 Å². The normalized spacial score (nSPS) is 10.3. The lowest BCUT2D eigenvalue weighted by molar-refractivity contribution is 0.109. The highest BCUT2D eigenvalue weighted by Gasteiger charge is 2.14. The molecule has 0 saturated carbocycles. The second-order valence-electron chi connectivity index (χ2n) is 3.06. The number of carbonyl (C=O) groups is 1. The molecule has 0 saturated heterocycles. The van der Waals surface area contributed by atoms with Gasteiger partial charge in [0.15, 0.2) is 5.76 Å². The zero-order valence-electron chi connectivity index (χ0n) is 8.03. The maximum absolute atomic E-state index is 13.4. The van der Waals surface area contributed by atoms with Crippen LogP contribution in [-0.2, 0) is 0 Å². The van der Waals surface area contributed by atoms with Gasteiger partial charge in [0.2, 0.25) is 6.29 Å². The Labute approximate surface area is 85.6 Å². The van der Waals surface area contributed by atoms with Crippen molar-refractivity contribution in [2.75, 3.05) is 0 Å². The van der Waals surface area contributed by atoms with Crippen LogP contribution in [0.3, 0.4) is 0 Å². The molecule has 0 unspecified atom stereocenters. The van der Waals surface area contributed by atoms with E-state index < -0.39 is 5.82 Å². The fourth-order valence-corrected chi connectivity index (χ4v) is 1.36. The summed E-state index contributed by atoms with van der Waals surface area (Å²) in [5.41, 5.74) is 0.817. The number of rotatable bonds is 2. The molecule has 1 heterocycles. The van der Waals surface area contributed by atoms with Gasteiger partial charge in [-0.2, -0.15) is 0 Å². The standard InChI is InChI=1S/C11H8FNO2/c1-7-11(15-10(6-14)13-7)8-4-2-3-5-9(8)12/h2-6H,1H3. The Morgan fingerprint density at radius 1 is 1.40 bits per heavy atom. The first-order valence-electron chi connectivity index (χ1n) is 4.40. The molecule has 0 aliphatic rings. The monoisotopic (exact) mass is 205 g/mol. The minimum absolute atomic E-state index is 0.0363. The van der Waals surface area contributed by atoms with Crippen LogP contribution in [0.5, 0.6) is 0 Å². The van der Waals surface area contributed by atoms with Crippen LogP contribution in [-0.4, -0.2) is 11.3 Å². The molecule has 0 N–H and O–H groups in total. The van der Waals surface area contributed by atoms with Gasteiger partial charge in [0.25, 0.3) is 5.89 Å². The van der Waals surface area contributed by atoms with Gasteiger partial charge in [-0.1, -0.05) is 12.1 Å². The molecule has 0 fully saturated rings. The van der Waals surface area contributed by atoms with Crippen LogP contribution in [0.15, 0.2) is 28.7 Å². The molecule has 1 aromatic carbocycles. The van der Waals surface area contributed by atoms with Gasteiger partial charge in [0.1, 0.15) is 5.82 Å². The van der Waals surface area contributed by atoms with E-state index in [-0.39, 0.29) is 5.89 Å². The summed E-state index contributed by atoms with van der Waals surface area (Å²) in [6.07, 6.45) is 0.497. The maximum atomic E-state index is 13.4. The van der Waals surface area contributed by atoms with Crippen molar-refractivity contribution in [3.05, 3.63) is 41.7 Å². The minimum atomic E-state index is -0.394. The van der Waals surface area contributed by atoms with Crippen molar-refractivity contribution in [2.24, 2.45) is 0 Å². The number of aromatic nitrogens is 1. The summed E-state index contributed by atoms with van der Waals surface area (Å²) in [5.74, 6) is -0.129. The third kappa shape index (κ3) is 1.66. The smallest absolute Gasteiger partial charge is 0.260 e. The third-order valence-corrected chi connectivity index (χ3v) is 2.03. The van der Waals surface area contributed by atoms with E-state index in [1.54, 1.807) is 25.1 Å². The molecule has 15 heavy (non-hydrogen) atoms. The lowest BCUT2D eigenvalue weighted by Gasteiger charge is -1.98. The number of aldehydes is 1. The number of hydrogen-bond donors (Lipinski definition) is 0. The maximum Gasteiger partial charge on any atom is 0.260 e. The molecule has 0 spiro atoms. The Kier molecular flexibility index (Phi) is 2.33. The highest BCUT2D eigenvalue weighted by Crippen LogP contribution is 2.26. The average Bonchev–Trinajstić information content (AvgIpc) is 2.60. The average molecular weight is 205 g/mol. The van der Waals surface area contributed by atoms with Crippen molar-refractivity contribution in [1.29, 1.82) is 0 Å². The van der Waals surface area contributed by atoms with E-state index in [0.29, 0.717) is 23.3 Å². The lowest BCUT2D eigenvalue weighted by Crippen LogP contribution is -1.83. The molecular weight excluding hydrogens is 197 g/mol. The van der Waals surface area contributed by atoms with Gasteiger partial charge in [-0.05, 0) is 19.1 Å². The van der Waals surface area contributed by atoms with Crippen LogP contribution < -0.4 is 0 Å². The van der Waals surface area contributed by atoms with E-state index in [4.69, 9.17) is 4.42 Å². The first-order chi connectivity index (χ1) is 7.22. The predicted molar refractivity (Wildman–Crippen MR) is 52.0 cm³/mol. The van der Waals surface area contributed by atoms with Gasteiger partial charge in [-0.3, -0.25) is 4.79 Å². The van der Waals surface area contributed by atoms with Crippen LogP contribution in [0.2, 0.25) is 0 Å². The fraction of sp³-hybridized carbons (Fsp3) is 0.0909. The quantitative estimate of drug-likeness (QED) is 0.708. The van der Waals surface area contributed by atoms with Crippen molar-refractivity contribution >= 4 is 6.29 Å². The Morgan fingerprint density at radius 2 is 2.13 bits per heavy atom. The van der Waals surface area contributed by atoms with Crippen LogP contribution >= 0.6 is 0 Å². The van der Waals surface area contributed by atoms with E-state index in [0.717, 1.165) is 0 Å². The van der Waals surface area contributed by atoms with E-state index in [1.807, 2.05) is 0 Å². The predicted octanol–water partition coefficient (Wildman–Crippen LogP) is 2.60. The summed E-state index contributed by atoms with van der Waals surface area (Å²) in [5, 5.41) is 0. The molecule has 0 radical (unpaired) electrons. The number of oxazole rings is 1. The number of aryl methyl sites for hydroxylation is 1. The lowest BCUT2D eigenvalue weighted by atomic mass is 10.1. The van der Waals surface area contributed by atoms with Gasteiger partial charge in [-0.15, -0.1) is 0 Å². The van der Waals surface area contributed by atoms with Crippen LogP contribution in [0.25, 0.3) is 11.3 Å². The SMILES string of the molecule is Cc1nc(C=O)oc1-c1ccccc1F. The van der Waals surface area contributed by atoms with Crippen molar-refractivity contribution < 1.29 is 13.6 Å². The summed E-state index contributed by atoms with van der Waals surface area (Å²) < 4.78 is 18.5. The summed E-state index contributed by atoms with van der Waals surface area (Å²) in [4.78, 5) is 14.3. The van der Waals surface area contributed by atoms with Crippen LogP contribution in [0.4, 0.5) is 4.39 Å². The molecule has 3 nitrogen and oxygen atoms in total. The van der Waals surface area contributed by atoms with E-state index >= 15 is 0 Å². The summed E-state index contributed by atoms with van der Waals surface area (Å²) in [6, 6.07) is 6.20. The number of hydrogen-bond acceptors (Lipinski definition) is 3.